The number of methoxy groups -OCH3 is 1. The van der Waals surface area contributed by atoms with E-state index in [2.05, 4.69) is 35.4 Å². The highest BCUT2D eigenvalue weighted by atomic mass is 32.2. The zero-order valence-corrected chi connectivity index (χ0v) is 15.6. The third-order valence-corrected chi connectivity index (χ3v) is 4.21. The molecular weight excluding hydrogens is 338 g/mol. The monoisotopic (exact) mass is 361 g/mol. The summed E-state index contributed by atoms with van der Waals surface area (Å²) in [6, 6.07) is 7.75. The van der Waals surface area contributed by atoms with Crippen molar-refractivity contribution in [3.63, 3.8) is 0 Å². The van der Waals surface area contributed by atoms with Crippen molar-refractivity contribution in [1.82, 2.24) is 14.8 Å². The summed E-state index contributed by atoms with van der Waals surface area (Å²) in [5.41, 5.74) is 0.927. The van der Waals surface area contributed by atoms with Gasteiger partial charge in [0.1, 0.15) is 5.75 Å². The average molecular weight is 361 g/mol. The number of allylic oxidation sites excluding steroid dienone is 1. The first-order valence-corrected chi connectivity index (χ1v) is 9.00. The van der Waals surface area contributed by atoms with Crippen molar-refractivity contribution in [3.05, 3.63) is 36.9 Å². The van der Waals surface area contributed by atoms with Gasteiger partial charge in [-0.15, -0.1) is 16.8 Å². The molecule has 0 saturated heterocycles. The molecule has 25 heavy (non-hydrogen) atoms. The molecule has 134 valence electrons. The highest BCUT2D eigenvalue weighted by molar-refractivity contribution is 7.99. The largest absolute Gasteiger partial charge is 0.493 e. The molecule has 0 aliphatic carbocycles. The number of hydrogen-bond acceptors (Lipinski definition) is 6. The van der Waals surface area contributed by atoms with Crippen LogP contribution in [0.4, 0.5) is 0 Å². The van der Waals surface area contributed by atoms with Gasteiger partial charge in [0, 0.05) is 12.1 Å². The number of benzene rings is 1. The van der Waals surface area contributed by atoms with Gasteiger partial charge in [0.25, 0.3) is 0 Å². The molecule has 0 aliphatic rings. The first-order valence-electron chi connectivity index (χ1n) is 8.02. The topological polar surface area (TPSA) is 66.2 Å². The zero-order chi connectivity index (χ0) is 18.2. The Bertz CT molecular complexity index is 711. The van der Waals surface area contributed by atoms with Crippen LogP contribution in [0.1, 0.15) is 13.8 Å². The van der Waals surface area contributed by atoms with E-state index in [-0.39, 0.29) is 11.7 Å². The number of aromatic nitrogens is 3. The van der Waals surface area contributed by atoms with Crippen LogP contribution in [0.15, 0.2) is 42.1 Å². The van der Waals surface area contributed by atoms with Gasteiger partial charge in [-0.1, -0.05) is 31.7 Å². The van der Waals surface area contributed by atoms with Crippen LogP contribution in [-0.4, -0.2) is 40.2 Å². The zero-order valence-electron chi connectivity index (χ0n) is 14.8. The maximum atomic E-state index is 11.3. The van der Waals surface area contributed by atoms with Crippen molar-refractivity contribution >= 4 is 17.7 Å². The van der Waals surface area contributed by atoms with Gasteiger partial charge in [-0.05, 0) is 30.2 Å². The van der Waals surface area contributed by atoms with Gasteiger partial charge < -0.3 is 9.47 Å². The molecule has 0 N–H and O–H groups in total. The van der Waals surface area contributed by atoms with E-state index in [1.54, 1.807) is 6.08 Å². The van der Waals surface area contributed by atoms with E-state index >= 15 is 0 Å². The number of thioether (sulfide) groups is 1. The first kappa shape index (κ1) is 19.1. The highest BCUT2D eigenvalue weighted by Crippen LogP contribution is 2.26. The van der Waals surface area contributed by atoms with Crippen molar-refractivity contribution in [1.29, 1.82) is 0 Å². The van der Waals surface area contributed by atoms with Crippen LogP contribution in [0.3, 0.4) is 0 Å². The molecule has 1 aromatic carbocycles. The van der Waals surface area contributed by atoms with Crippen LogP contribution in [-0.2, 0) is 16.1 Å². The fourth-order valence-corrected chi connectivity index (χ4v) is 2.83. The first-order chi connectivity index (χ1) is 12.0. The number of carbonyl (C=O) groups is 1. The molecular formula is C18H23N3O3S. The van der Waals surface area contributed by atoms with E-state index in [1.807, 2.05) is 28.8 Å². The van der Waals surface area contributed by atoms with Gasteiger partial charge in [0.05, 0.1) is 19.5 Å². The van der Waals surface area contributed by atoms with Crippen LogP contribution in [0, 0.1) is 5.92 Å². The van der Waals surface area contributed by atoms with E-state index in [1.165, 1.54) is 18.9 Å². The van der Waals surface area contributed by atoms with E-state index in [0.29, 0.717) is 24.2 Å². The Balaban J connectivity index is 2.18. The molecule has 0 fully saturated rings. The number of hydrogen-bond donors (Lipinski definition) is 0. The maximum Gasteiger partial charge on any atom is 0.316 e. The Morgan fingerprint density at radius 3 is 2.64 bits per heavy atom. The fraction of sp³-hybridized carbons (Fsp3) is 0.389. The molecule has 0 radical (unpaired) electrons. The Kier molecular flexibility index (Phi) is 7.06. The van der Waals surface area contributed by atoms with Crippen molar-refractivity contribution in [3.8, 4) is 17.1 Å². The third-order valence-electron chi connectivity index (χ3n) is 3.27. The van der Waals surface area contributed by atoms with E-state index in [9.17, 15) is 4.79 Å². The van der Waals surface area contributed by atoms with E-state index in [4.69, 9.17) is 4.74 Å². The molecule has 1 heterocycles. The molecule has 0 saturated carbocycles. The lowest BCUT2D eigenvalue weighted by Gasteiger charge is -2.10. The predicted octanol–water partition coefficient (Wildman–Crippen LogP) is 3.43. The lowest BCUT2D eigenvalue weighted by Crippen LogP contribution is -2.06. The average Bonchev–Trinajstić information content (AvgIpc) is 3.01. The number of nitrogens with zero attached hydrogens (tertiary/aromatic N) is 3. The molecule has 0 aliphatic heterocycles. The van der Waals surface area contributed by atoms with Gasteiger partial charge in [-0.25, -0.2) is 0 Å². The van der Waals surface area contributed by atoms with Gasteiger partial charge in [-0.3, -0.25) is 9.36 Å². The highest BCUT2D eigenvalue weighted by Gasteiger charge is 2.15. The quantitative estimate of drug-likeness (QED) is 0.387. The number of ether oxygens (including phenoxy) is 2. The second kappa shape index (κ2) is 9.27. The van der Waals surface area contributed by atoms with Crippen molar-refractivity contribution < 1.29 is 14.3 Å². The van der Waals surface area contributed by atoms with Crippen molar-refractivity contribution in [2.24, 2.45) is 5.92 Å². The summed E-state index contributed by atoms with van der Waals surface area (Å²) in [6.45, 7) is 9.24. The van der Waals surface area contributed by atoms with Gasteiger partial charge in [0.2, 0.25) is 0 Å². The molecule has 2 aromatic rings. The Hall–Kier alpha value is -2.28. The van der Waals surface area contributed by atoms with E-state index in [0.717, 1.165) is 17.1 Å². The Labute approximate surface area is 152 Å². The summed E-state index contributed by atoms with van der Waals surface area (Å²) >= 11 is 1.29. The maximum absolute atomic E-state index is 11.3. The van der Waals surface area contributed by atoms with Crippen LogP contribution in [0.25, 0.3) is 11.4 Å². The van der Waals surface area contributed by atoms with Gasteiger partial charge in [-0.2, -0.15) is 0 Å². The lowest BCUT2D eigenvalue weighted by molar-refractivity contribution is -0.137. The number of rotatable bonds is 9. The molecule has 2 rings (SSSR count). The minimum absolute atomic E-state index is 0.188. The lowest BCUT2D eigenvalue weighted by atomic mass is 10.2. The van der Waals surface area contributed by atoms with E-state index < -0.39 is 0 Å². The standard InChI is InChI=1S/C18H23N3O3S/c1-5-10-21-17(19-20-18(21)25-12-16(22)23-4)14-6-8-15(9-7-14)24-11-13(2)3/h5-9,13H,1,10-12H2,2-4H3. The van der Waals surface area contributed by atoms with Gasteiger partial charge >= 0.3 is 5.97 Å². The minimum Gasteiger partial charge on any atom is -0.493 e. The summed E-state index contributed by atoms with van der Waals surface area (Å²) in [7, 11) is 1.37. The SMILES string of the molecule is C=CCn1c(SCC(=O)OC)nnc1-c1ccc(OCC(C)C)cc1. The number of carbonyl (C=O) groups excluding carboxylic acids is 1. The number of esters is 1. The summed E-state index contributed by atoms with van der Waals surface area (Å²) < 4.78 is 12.3. The molecule has 0 unspecified atom stereocenters. The molecule has 0 amide bonds. The molecule has 1 aromatic heterocycles. The van der Waals surface area contributed by atoms with Crippen molar-refractivity contribution in [2.75, 3.05) is 19.5 Å². The van der Waals surface area contributed by atoms with Crippen LogP contribution < -0.4 is 4.74 Å². The summed E-state index contributed by atoms with van der Waals surface area (Å²) in [5.74, 6) is 1.92. The summed E-state index contributed by atoms with van der Waals surface area (Å²) in [5, 5.41) is 9.11. The third kappa shape index (κ3) is 5.35. The van der Waals surface area contributed by atoms with Crippen molar-refractivity contribution in [2.45, 2.75) is 25.5 Å². The van der Waals surface area contributed by atoms with Crippen LogP contribution in [0.5, 0.6) is 5.75 Å². The normalized spacial score (nSPS) is 10.7. The van der Waals surface area contributed by atoms with Gasteiger partial charge in [0.15, 0.2) is 11.0 Å². The molecule has 0 atom stereocenters. The molecule has 7 heteroatoms. The van der Waals surface area contributed by atoms with Crippen LogP contribution in [0.2, 0.25) is 0 Å². The second-order valence-electron chi connectivity index (χ2n) is 5.80. The summed E-state index contributed by atoms with van der Waals surface area (Å²) in [4.78, 5) is 11.3. The predicted molar refractivity (Wildman–Crippen MR) is 98.7 cm³/mol. The fourth-order valence-electron chi connectivity index (χ4n) is 2.05. The minimum atomic E-state index is -0.300. The molecule has 6 nitrogen and oxygen atoms in total. The summed E-state index contributed by atoms with van der Waals surface area (Å²) in [6.07, 6.45) is 1.77. The second-order valence-corrected chi connectivity index (χ2v) is 6.74. The molecule has 0 spiro atoms. The van der Waals surface area contributed by atoms with Crippen LogP contribution >= 0.6 is 11.8 Å². The Morgan fingerprint density at radius 1 is 1.32 bits per heavy atom. The smallest absolute Gasteiger partial charge is 0.316 e. The Morgan fingerprint density at radius 2 is 2.04 bits per heavy atom. The molecule has 0 bridgehead atoms.